The van der Waals surface area contributed by atoms with Crippen LogP contribution in [0.1, 0.15) is 46.2 Å². The smallest absolute Gasteiger partial charge is 0.337 e. The molecule has 1 amide bonds. The van der Waals surface area contributed by atoms with Crippen molar-refractivity contribution in [2.75, 3.05) is 13.2 Å². The molecule has 1 aliphatic heterocycles. The number of benzene rings is 2. The maximum atomic E-state index is 13.2. The number of halogens is 2. The minimum atomic E-state index is -1.05. The van der Waals surface area contributed by atoms with Gasteiger partial charge in [0.05, 0.1) is 23.0 Å². The van der Waals surface area contributed by atoms with Gasteiger partial charge >= 0.3 is 5.97 Å². The molecule has 0 radical (unpaired) electrons. The summed E-state index contributed by atoms with van der Waals surface area (Å²) in [7, 11) is 0. The molecule has 0 spiro atoms. The lowest BCUT2D eigenvalue weighted by Gasteiger charge is -2.25. The van der Waals surface area contributed by atoms with Crippen molar-refractivity contribution < 1.29 is 23.8 Å². The number of rotatable bonds is 8. The van der Waals surface area contributed by atoms with Gasteiger partial charge in [-0.1, -0.05) is 23.7 Å². The Morgan fingerprint density at radius 3 is 2.50 bits per heavy atom. The third-order valence-corrected chi connectivity index (χ3v) is 6.13. The van der Waals surface area contributed by atoms with Crippen molar-refractivity contribution in [2.24, 2.45) is 0 Å². The number of hydrogen-bond acceptors (Lipinski definition) is 4. The number of likely N-dealkylation sites (tertiary alicyclic amines) is 1. The molecule has 1 N–H and O–H groups in total. The van der Waals surface area contributed by atoms with Gasteiger partial charge in [0.25, 0.3) is 5.91 Å². The predicted octanol–water partition coefficient (Wildman–Crippen LogP) is 5.10. The fourth-order valence-corrected chi connectivity index (χ4v) is 4.26. The van der Waals surface area contributed by atoms with Crippen molar-refractivity contribution in [3.8, 4) is 5.75 Å². The quantitative estimate of drug-likeness (QED) is 0.483. The standard InChI is InChI=1S/C26H24ClFN2O4/c27-18-6-10-20(11-7-18)34-16-25(31)30-15-1-2-24(30)23-14-12-21(26(32)33)22(29-23)13-5-17-3-8-19(28)9-4-17/h3-4,6-12,14,24H,1-2,5,13,15-16H2,(H,32,33)/t24-/m1/s1. The number of carbonyl (C=O) groups is 2. The van der Waals surface area contributed by atoms with E-state index in [1.165, 1.54) is 12.1 Å². The van der Waals surface area contributed by atoms with Gasteiger partial charge in [-0.25, -0.2) is 9.18 Å². The average molecular weight is 483 g/mol. The summed E-state index contributed by atoms with van der Waals surface area (Å²) < 4.78 is 18.8. The second kappa shape index (κ2) is 10.7. The molecule has 1 atom stereocenters. The number of carboxylic acid groups (broad SMARTS) is 1. The van der Waals surface area contributed by atoms with Crippen LogP contribution in [0.4, 0.5) is 4.39 Å². The third kappa shape index (κ3) is 5.72. The number of aromatic carboxylic acids is 1. The van der Waals surface area contributed by atoms with E-state index in [1.807, 2.05) is 0 Å². The number of nitrogens with zero attached hydrogens (tertiary/aromatic N) is 2. The molecule has 1 aromatic heterocycles. The number of pyridine rings is 1. The zero-order valence-electron chi connectivity index (χ0n) is 18.4. The minimum absolute atomic E-state index is 0.108. The van der Waals surface area contributed by atoms with E-state index in [0.717, 1.165) is 18.4 Å². The van der Waals surface area contributed by atoms with Gasteiger partial charge in [0.15, 0.2) is 6.61 Å². The molecule has 34 heavy (non-hydrogen) atoms. The molecular weight excluding hydrogens is 459 g/mol. The molecule has 0 saturated carbocycles. The van der Waals surface area contributed by atoms with Gasteiger partial charge in [0.1, 0.15) is 11.6 Å². The highest BCUT2D eigenvalue weighted by Gasteiger charge is 2.31. The lowest BCUT2D eigenvalue weighted by atomic mass is 10.0. The van der Waals surface area contributed by atoms with Gasteiger partial charge in [0.2, 0.25) is 0 Å². The van der Waals surface area contributed by atoms with Crippen LogP contribution < -0.4 is 4.74 Å². The van der Waals surface area contributed by atoms with Gasteiger partial charge in [-0.05, 0) is 79.8 Å². The Hall–Kier alpha value is -3.45. The highest BCUT2D eigenvalue weighted by atomic mass is 35.5. The molecule has 6 nitrogen and oxygen atoms in total. The Balaban J connectivity index is 1.48. The topological polar surface area (TPSA) is 79.7 Å². The lowest BCUT2D eigenvalue weighted by molar-refractivity contribution is -0.134. The molecule has 2 aromatic carbocycles. The molecule has 176 valence electrons. The van der Waals surface area contributed by atoms with Gasteiger partial charge in [-0.3, -0.25) is 9.78 Å². The first kappa shape index (κ1) is 23.7. The van der Waals surface area contributed by atoms with E-state index >= 15 is 0 Å². The van der Waals surface area contributed by atoms with Crippen molar-refractivity contribution in [1.29, 1.82) is 0 Å². The highest BCUT2D eigenvalue weighted by molar-refractivity contribution is 6.30. The van der Waals surface area contributed by atoms with Gasteiger partial charge in [-0.2, -0.15) is 0 Å². The molecule has 0 unspecified atom stereocenters. The maximum absolute atomic E-state index is 13.2. The van der Waals surface area contributed by atoms with E-state index in [4.69, 9.17) is 16.3 Å². The predicted molar refractivity (Wildman–Crippen MR) is 126 cm³/mol. The van der Waals surface area contributed by atoms with E-state index in [9.17, 15) is 19.1 Å². The lowest BCUT2D eigenvalue weighted by Crippen LogP contribution is -2.35. The first-order valence-electron chi connectivity index (χ1n) is 11.1. The van der Waals surface area contributed by atoms with Crippen LogP contribution >= 0.6 is 11.6 Å². The SMILES string of the molecule is O=C(O)c1ccc([C@H]2CCCN2C(=O)COc2ccc(Cl)cc2)nc1CCc1ccc(F)cc1. The minimum Gasteiger partial charge on any atom is -0.484 e. The zero-order chi connectivity index (χ0) is 24.1. The van der Waals surface area contributed by atoms with E-state index in [2.05, 4.69) is 4.98 Å². The number of ether oxygens (including phenoxy) is 1. The Morgan fingerprint density at radius 1 is 1.06 bits per heavy atom. The summed E-state index contributed by atoms with van der Waals surface area (Å²) in [6.07, 6.45) is 2.48. The summed E-state index contributed by atoms with van der Waals surface area (Å²) in [5.74, 6) is -0.972. The average Bonchev–Trinajstić information content (AvgIpc) is 3.33. The largest absolute Gasteiger partial charge is 0.484 e. The van der Waals surface area contributed by atoms with E-state index in [-0.39, 0.29) is 29.9 Å². The summed E-state index contributed by atoms with van der Waals surface area (Å²) >= 11 is 5.88. The Labute approximate surface area is 202 Å². The summed E-state index contributed by atoms with van der Waals surface area (Å²) in [6, 6.07) is 15.9. The fraction of sp³-hybridized carbons (Fsp3) is 0.269. The second-order valence-corrected chi connectivity index (χ2v) is 8.59. The number of carboxylic acids is 1. The number of aryl methyl sites for hydroxylation is 2. The van der Waals surface area contributed by atoms with E-state index in [0.29, 0.717) is 41.5 Å². The monoisotopic (exact) mass is 482 g/mol. The summed E-state index contributed by atoms with van der Waals surface area (Å²) in [4.78, 5) is 31.0. The van der Waals surface area contributed by atoms with Crippen molar-refractivity contribution in [2.45, 2.75) is 31.7 Å². The van der Waals surface area contributed by atoms with Crippen molar-refractivity contribution in [3.63, 3.8) is 0 Å². The second-order valence-electron chi connectivity index (χ2n) is 8.15. The third-order valence-electron chi connectivity index (χ3n) is 5.88. The van der Waals surface area contributed by atoms with Gasteiger partial charge < -0.3 is 14.7 Å². The molecule has 0 bridgehead atoms. The van der Waals surface area contributed by atoms with Crippen LogP contribution in [0, 0.1) is 5.82 Å². The van der Waals surface area contributed by atoms with E-state index < -0.39 is 5.97 Å². The molecule has 1 fully saturated rings. The molecule has 1 saturated heterocycles. The Kier molecular flexibility index (Phi) is 7.43. The van der Waals surface area contributed by atoms with Crippen LogP contribution in [-0.2, 0) is 17.6 Å². The van der Waals surface area contributed by atoms with Crippen LogP contribution in [0.25, 0.3) is 0 Å². The zero-order valence-corrected chi connectivity index (χ0v) is 19.2. The molecule has 2 heterocycles. The fourth-order valence-electron chi connectivity index (χ4n) is 4.13. The molecule has 8 heteroatoms. The molecule has 3 aromatic rings. The first-order valence-corrected chi connectivity index (χ1v) is 11.4. The molecule has 4 rings (SSSR count). The van der Waals surface area contributed by atoms with Crippen molar-refractivity contribution in [3.05, 3.63) is 94.0 Å². The van der Waals surface area contributed by atoms with Crippen molar-refractivity contribution in [1.82, 2.24) is 9.88 Å². The van der Waals surface area contributed by atoms with Crippen LogP contribution in [0.15, 0.2) is 60.7 Å². The van der Waals surface area contributed by atoms with Crippen LogP contribution in [0.2, 0.25) is 5.02 Å². The van der Waals surface area contributed by atoms with Gasteiger partial charge in [0, 0.05) is 11.6 Å². The molecule has 0 aliphatic carbocycles. The van der Waals surface area contributed by atoms with Crippen molar-refractivity contribution >= 4 is 23.5 Å². The Morgan fingerprint density at radius 2 is 1.79 bits per heavy atom. The number of aromatic nitrogens is 1. The summed E-state index contributed by atoms with van der Waals surface area (Å²) in [6.45, 7) is 0.476. The first-order chi connectivity index (χ1) is 16.4. The van der Waals surface area contributed by atoms with Crippen LogP contribution in [0.5, 0.6) is 5.75 Å². The normalized spacial score (nSPS) is 15.4. The Bertz CT molecular complexity index is 1170. The van der Waals surface area contributed by atoms with Crippen LogP contribution in [-0.4, -0.2) is 40.0 Å². The number of hydrogen-bond donors (Lipinski definition) is 1. The summed E-state index contributed by atoms with van der Waals surface area (Å²) in [5, 5.41) is 10.2. The maximum Gasteiger partial charge on any atom is 0.337 e. The van der Waals surface area contributed by atoms with Gasteiger partial charge in [-0.15, -0.1) is 0 Å². The number of carbonyl (C=O) groups excluding carboxylic acids is 1. The number of amides is 1. The molecule has 1 aliphatic rings. The summed E-state index contributed by atoms with van der Waals surface area (Å²) in [5.41, 5.74) is 2.14. The van der Waals surface area contributed by atoms with Crippen LogP contribution in [0.3, 0.4) is 0 Å². The van der Waals surface area contributed by atoms with E-state index in [1.54, 1.807) is 53.4 Å². The highest BCUT2D eigenvalue weighted by Crippen LogP contribution is 2.32. The molecular formula is C26H24ClFN2O4.